The van der Waals surface area contributed by atoms with Crippen LogP contribution in [0.5, 0.6) is 5.75 Å². The van der Waals surface area contributed by atoms with E-state index in [-0.39, 0.29) is 12.8 Å². The van der Waals surface area contributed by atoms with Crippen LogP contribution in [0.15, 0.2) is 24.5 Å². The number of hydrogen-bond acceptors (Lipinski definition) is 6. The standard InChI is InChI=1S/C26H30FN5O4/c1-13-3-6-20(36-11-15-4-5-15)17(7-13)23-25-24(29-12-28-23)22(14(2)30-25)26(35)32-19-9-16(8-18(19)27)31-21(34)10-33/h3,6-7,12,15-16,18-19,30,33H,4-5,8-11H2,1-2H3,(H,31,34)(H,32,35). The molecular formula is C26H30FN5O4. The highest BCUT2D eigenvalue weighted by molar-refractivity contribution is 6.09. The SMILES string of the molecule is Cc1ccc(OCC2CC2)c(-c2ncnc3c(C(=O)NC4CC(NC(=O)CO)CC4F)c(C)[nH]c23)c1. The number of aliphatic hydroxyl groups is 1. The number of nitrogens with one attached hydrogen (secondary N) is 3. The molecule has 2 saturated carbocycles. The summed E-state index contributed by atoms with van der Waals surface area (Å²) in [5.74, 6) is 0.319. The second kappa shape index (κ2) is 9.85. The number of ether oxygens (including phenoxy) is 1. The van der Waals surface area contributed by atoms with Gasteiger partial charge in [0.2, 0.25) is 5.91 Å². The summed E-state index contributed by atoms with van der Waals surface area (Å²) in [5.41, 5.74) is 4.48. The molecule has 2 aliphatic rings. The van der Waals surface area contributed by atoms with Crippen LogP contribution in [0.1, 0.15) is 47.3 Å². The molecule has 3 aromatic rings. The first kappa shape index (κ1) is 24.2. The zero-order valence-corrected chi connectivity index (χ0v) is 20.3. The number of alkyl halides is 1. The Kier molecular flexibility index (Phi) is 6.61. The molecular weight excluding hydrogens is 465 g/mol. The van der Waals surface area contributed by atoms with E-state index in [1.807, 2.05) is 25.1 Å². The van der Waals surface area contributed by atoms with Gasteiger partial charge < -0.3 is 25.5 Å². The number of aromatic nitrogens is 3. The second-order valence-corrected chi connectivity index (χ2v) is 9.81. The van der Waals surface area contributed by atoms with Crippen LogP contribution in [0.3, 0.4) is 0 Å². The van der Waals surface area contributed by atoms with Gasteiger partial charge in [0.25, 0.3) is 5.91 Å². The maximum absolute atomic E-state index is 14.6. The fourth-order valence-electron chi connectivity index (χ4n) is 4.82. The Bertz CT molecular complexity index is 1300. The predicted molar refractivity (Wildman–Crippen MR) is 131 cm³/mol. The summed E-state index contributed by atoms with van der Waals surface area (Å²) in [4.78, 5) is 36.9. The van der Waals surface area contributed by atoms with Crippen LogP contribution < -0.4 is 15.4 Å². The zero-order chi connectivity index (χ0) is 25.4. The number of carbonyl (C=O) groups is 2. The largest absolute Gasteiger partial charge is 0.493 e. The van der Waals surface area contributed by atoms with E-state index in [9.17, 15) is 14.0 Å². The van der Waals surface area contributed by atoms with Crippen molar-refractivity contribution in [2.24, 2.45) is 5.92 Å². The van der Waals surface area contributed by atoms with Crippen LogP contribution in [0.2, 0.25) is 0 Å². The zero-order valence-electron chi connectivity index (χ0n) is 20.3. The van der Waals surface area contributed by atoms with Gasteiger partial charge in [0, 0.05) is 23.7 Å². The third-order valence-corrected chi connectivity index (χ3v) is 6.87. The third kappa shape index (κ3) is 4.90. The Morgan fingerprint density at radius 1 is 1.19 bits per heavy atom. The minimum absolute atomic E-state index is 0.0763. The quantitative estimate of drug-likeness (QED) is 0.380. The predicted octanol–water partition coefficient (Wildman–Crippen LogP) is 2.74. The summed E-state index contributed by atoms with van der Waals surface area (Å²) in [6.07, 6.45) is 2.79. The minimum atomic E-state index is -1.31. The van der Waals surface area contributed by atoms with Crippen LogP contribution in [0.25, 0.3) is 22.3 Å². The monoisotopic (exact) mass is 495 g/mol. The second-order valence-electron chi connectivity index (χ2n) is 9.81. The molecule has 0 spiro atoms. The lowest BCUT2D eigenvalue weighted by Gasteiger charge is -2.15. The lowest BCUT2D eigenvalue weighted by molar-refractivity contribution is -0.124. The summed E-state index contributed by atoms with van der Waals surface area (Å²) in [5, 5.41) is 14.3. The number of nitrogens with zero attached hydrogens (tertiary/aromatic N) is 2. The van der Waals surface area contributed by atoms with Crippen molar-refractivity contribution in [1.82, 2.24) is 25.6 Å². The number of aromatic amines is 1. The molecule has 9 nitrogen and oxygen atoms in total. The normalized spacial score (nSPS) is 21.5. The molecule has 36 heavy (non-hydrogen) atoms. The van der Waals surface area contributed by atoms with Crippen LogP contribution in [-0.2, 0) is 4.79 Å². The van der Waals surface area contributed by atoms with Crippen LogP contribution in [-0.4, -0.2) is 63.3 Å². The van der Waals surface area contributed by atoms with E-state index in [0.29, 0.717) is 40.5 Å². The molecule has 2 fully saturated rings. The maximum atomic E-state index is 14.6. The molecule has 2 heterocycles. The van der Waals surface area contributed by atoms with Crippen molar-refractivity contribution < 1.29 is 23.8 Å². The average Bonchev–Trinajstić information content (AvgIpc) is 3.53. The van der Waals surface area contributed by atoms with E-state index in [0.717, 1.165) is 16.9 Å². The average molecular weight is 496 g/mol. The Hall–Kier alpha value is -3.53. The number of benzene rings is 1. The number of carbonyl (C=O) groups excluding carboxylic acids is 2. The Balaban J connectivity index is 1.42. The highest BCUT2D eigenvalue weighted by Crippen LogP contribution is 2.37. The molecule has 2 aliphatic carbocycles. The minimum Gasteiger partial charge on any atom is -0.493 e. The van der Waals surface area contributed by atoms with Crippen molar-refractivity contribution in [2.45, 2.75) is 57.8 Å². The van der Waals surface area contributed by atoms with Gasteiger partial charge in [-0.3, -0.25) is 9.59 Å². The summed E-state index contributed by atoms with van der Waals surface area (Å²) < 4.78 is 20.7. The van der Waals surface area contributed by atoms with E-state index >= 15 is 0 Å². The van der Waals surface area contributed by atoms with E-state index in [1.54, 1.807) is 6.92 Å². The molecule has 1 aromatic carbocycles. The number of fused-ring (bicyclic) bond motifs is 1. The van der Waals surface area contributed by atoms with Gasteiger partial charge in [0.05, 0.1) is 23.7 Å². The number of aliphatic hydroxyl groups excluding tert-OH is 1. The first-order valence-electron chi connectivity index (χ1n) is 12.3. The summed E-state index contributed by atoms with van der Waals surface area (Å²) >= 11 is 0. The highest BCUT2D eigenvalue weighted by atomic mass is 19.1. The summed E-state index contributed by atoms with van der Waals surface area (Å²) in [6.45, 7) is 3.77. The first-order chi connectivity index (χ1) is 17.3. The third-order valence-electron chi connectivity index (χ3n) is 6.87. The number of aryl methyl sites for hydroxylation is 2. The molecule has 5 rings (SSSR count). The van der Waals surface area contributed by atoms with Crippen molar-refractivity contribution in [1.29, 1.82) is 0 Å². The molecule has 2 amide bonds. The lowest BCUT2D eigenvalue weighted by atomic mass is 10.1. The van der Waals surface area contributed by atoms with Gasteiger partial charge in [-0.2, -0.15) is 0 Å². The smallest absolute Gasteiger partial charge is 0.255 e. The Labute approximate surface area is 207 Å². The molecule has 2 aromatic heterocycles. The van der Waals surface area contributed by atoms with E-state index in [2.05, 4.69) is 25.6 Å². The summed E-state index contributed by atoms with van der Waals surface area (Å²) in [6, 6.07) is 4.74. The maximum Gasteiger partial charge on any atom is 0.255 e. The number of hydrogen-bond donors (Lipinski definition) is 4. The number of halogens is 1. The fraction of sp³-hybridized carbons (Fsp3) is 0.462. The lowest BCUT2D eigenvalue weighted by Crippen LogP contribution is -2.40. The van der Waals surface area contributed by atoms with E-state index in [1.165, 1.54) is 19.2 Å². The van der Waals surface area contributed by atoms with E-state index in [4.69, 9.17) is 9.84 Å². The van der Waals surface area contributed by atoms with Crippen LogP contribution >= 0.6 is 0 Å². The summed E-state index contributed by atoms with van der Waals surface area (Å²) in [7, 11) is 0. The molecule has 190 valence electrons. The molecule has 3 unspecified atom stereocenters. The van der Waals surface area contributed by atoms with Crippen LogP contribution in [0, 0.1) is 19.8 Å². The number of rotatable bonds is 8. The fourth-order valence-corrected chi connectivity index (χ4v) is 4.82. The van der Waals surface area contributed by atoms with Gasteiger partial charge in [-0.1, -0.05) is 11.6 Å². The van der Waals surface area contributed by atoms with Gasteiger partial charge in [-0.25, -0.2) is 14.4 Å². The number of amides is 2. The Morgan fingerprint density at radius 2 is 2.00 bits per heavy atom. The number of H-pyrrole nitrogens is 1. The molecule has 0 radical (unpaired) electrons. The van der Waals surface area contributed by atoms with Gasteiger partial charge in [-0.05, 0) is 51.2 Å². The van der Waals surface area contributed by atoms with Gasteiger partial charge in [0.1, 0.15) is 36.1 Å². The van der Waals surface area contributed by atoms with Gasteiger partial charge in [0.15, 0.2) is 0 Å². The van der Waals surface area contributed by atoms with Gasteiger partial charge >= 0.3 is 0 Å². The van der Waals surface area contributed by atoms with Gasteiger partial charge in [-0.15, -0.1) is 0 Å². The molecule has 0 bridgehead atoms. The van der Waals surface area contributed by atoms with Crippen LogP contribution in [0.4, 0.5) is 4.39 Å². The van der Waals surface area contributed by atoms with Crippen molar-refractivity contribution in [3.8, 4) is 17.0 Å². The highest BCUT2D eigenvalue weighted by Gasteiger charge is 2.37. The Morgan fingerprint density at radius 3 is 2.75 bits per heavy atom. The molecule has 0 saturated heterocycles. The van der Waals surface area contributed by atoms with Crippen molar-refractivity contribution >= 4 is 22.8 Å². The van der Waals surface area contributed by atoms with Crippen molar-refractivity contribution in [3.05, 3.63) is 41.3 Å². The molecule has 3 atom stereocenters. The van der Waals surface area contributed by atoms with Crippen molar-refractivity contribution in [3.63, 3.8) is 0 Å². The van der Waals surface area contributed by atoms with Crippen molar-refractivity contribution in [2.75, 3.05) is 13.2 Å². The molecule has 10 heteroatoms. The molecule has 0 aliphatic heterocycles. The molecule has 4 N–H and O–H groups in total. The topological polar surface area (TPSA) is 129 Å². The van der Waals surface area contributed by atoms with E-state index < -0.39 is 36.7 Å². The first-order valence-corrected chi connectivity index (χ1v) is 12.3.